The molecule has 0 unspecified atom stereocenters. The number of benzene rings is 1. The summed E-state index contributed by atoms with van der Waals surface area (Å²) in [6, 6.07) is 4.74. The highest BCUT2D eigenvalue weighted by Crippen LogP contribution is 2.38. The van der Waals surface area contributed by atoms with Crippen molar-refractivity contribution in [2.75, 3.05) is 0 Å². The van der Waals surface area contributed by atoms with Crippen molar-refractivity contribution < 1.29 is 13.2 Å². The fraction of sp³-hybridized carbons (Fsp3) is 0.619. The summed E-state index contributed by atoms with van der Waals surface area (Å²) in [4.78, 5) is 0. The Labute approximate surface area is 144 Å². The lowest BCUT2D eigenvalue weighted by atomic mass is 9.77. The van der Waals surface area contributed by atoms with E-state index in [2.05, 4.69) is 6.92 Å². The van der Waals surface area contributed by atoms with Crippen LogP contribution < -0.4 is 0 Å². The number of halogens is 3. The van der Waals surface area contributed by atoms with Crippen LogP contribution >= 0.6 is 0 Å². The molecular weight excluding hydrogens is 309 g/mol. The quantitative estimate of drug-likeness (QED) is 0.426. The smallest absolute Gasteiger partial charge is 0.206 e. The third kappa shape index (κ3) is 5.99. The zero-order chi connectivity index (χ0) is 17.4. The molecule has 1 aromatic carbocycles. The molecule has 1 aliphatic carbocycles. The van der Waals surface area contributed by atoms with Crippen LogP contribution in [0.1, 0.15) is 88.2 Å². The monoisotopic (exact) mass is 338 g/mol. The minimum Gasteiger partial charge on any atom is -0.206 e. The molecule has 0 amide bonds. The highest BCUT2D eigenvalue weighted by atomic mass is 19.3. The Kier molecular flexibility index (Phi) is 7.87. The summed E-state index contributed by atoms with van der Waals surface area (Å²) in [6.45, 7) is 2.24. The lowest BCUT2D eigenvalue weighted by Gasteiger charge is -2.29. The summed E-state index contributed by atoms with van der Waals surface area (Å²) < 4.78 is 38.5. The van der Waals surface area contributed by atoms with E-state index in [4.69, 9.17) is 0 Å². The summed E-state index contributed by atoms with van der Waals surface area (Å²) >= 11 is 0. The fourth-order valence-corrected chi connectivity index (χ4v) is 3.85. The first-order valence-corrected chi connectivity index (χ1v) is 9.42. The van der Waals surface area contributed by atoms with Crippen LogP contribution in [0.5, 0.6) is 0 Å². The lowest BCUT2D eigenvalue weighted by Crippen LogP contribution is -2.13. The summed E-state index contributed by atoms with van der Waals surface area (Å²) in [7, 11) is 0. The van der Waals surface area contributed by atoms with Gasteiger partial charge in [-0.1, -0.05) is 57.6 Å². The van der Waals surface area contributed by atoms with Gasteiger partial charge in [-0.3, -0.25) is 0 Å². The topological polar surface area (TPSA) is 0 Å². The molecule has 0 bridgehead atoms. The average Bonchev–Trinajstić information content (AvgIpc) is 2.57. The highest BCUT2D eigenvalue weighted by Gasteiger charge is 2.22. The summed E-state index contributed by atoms with van der Waals surface area (Å²) in [5.74, 6) is 0.651. The van der Waals surface area contributed by atoms with Crippen molar-refractivity contribution in [2.24, 2.45) is 5.92 Å². The van der Waals surface area contributed by atoms with Crippen molar-refractivity contribution >= 4 is 6.08 Å². The summed E-state index contributed by atoms with van der Waals surface area (Å²) in [6.07, 6.45) is 11.3. The Morgan fingerprint density at radius 2 is 1.75 bits per heavy atom. The van der Waals surface area contributed by atoms with Crippen molar-refractivity contribution in [1.82, 2.24) is 0 Å². The molecule has 0 heterocycles. The molecule has 0 aromatic heterocycles. The molecule has 24 heavy (non-hydrogen) atoms. The minimum absolute atomic E-state index is 0.0282. The zero-order valence-electron chi connectivity index (χ0n) is 14.7. The molecule has 0 spiro atoms. The van der Waals surface area contributed by atoms with Gasteiger partial charge in [0.15, 0.2) is 0 Å². The molecule has 0 nitrogen and oxygen atoms in total. The Bertz CT molecular complexity index is 524. The van der Waals surface area contributed by atoms with Crippen molar-refractivity contribution in [2.45, 2.75) is 77.0 Å². The van der Waals surface area contributed by atoms with Crippen LogP contribution in [0.15, 0.2) is 24.3 Å². The van der Waals surface area contributed by atoms with Gasteiger partial charge in [-0.2, -0.15) is 8.78 Å². The molecule has 134 valence electrons. The van der Waals surface area contributed by atoms with Gasteiger partial charge < -0.3 is 0 Å². The van der Waals surface area contributed by atoms with Crippen LogP contribution in [0.25, 0.3) is 6.08 Å². The Morgan fingerprint density at radius 3 is 2.38 bits per heavy atom. The molecule has 2 rings (SSSR count). The first kappa shape index (κ1) is 19.1. The van der Waals surface area contributed by atoms with Gasteiger partial charge in [0.25, 0.3) is 6.08 Å². The highest BCUT2D eigenvalue weighted by molar-refractivity contribution is 5.51. The van der Waals surface area contributed by atoms with Crippen LogP contribution in [0, 0.1) is 11.7 Å². The van der Waals surface area contributed by atoms with E-state index >= 15 is 0 Å². The second-order valence-electron chi connectivity index (χ2n) is 7.14. The van der Waals surface area contributed by atoms with Gasteiger partial charge in [-0.05, 0) is 49.1 Å². The van der Waals surface area contributed by atoms with Crippen LogP contribution in [0.2, 0.25) is 0 Å². The molecule has 3 heteroatoms. The first-order chi connectivity index (χ1) is 11.6. The van der Waals surface area contributed by atoms with Crippen LogP contribution in [0.3, 0.4) is 0 Å². The molecule has 0 saturated heterocycles. The third-order valence-corrected chi connectivity index (χ3v) is 5.32. The van der Waals surface area contributed by atoms with E-state index in [1.54, 1.807) is 0 Å². The molecule has 1 fully saturated rings. The summed E-state index contributed by atoms with van der Waals surface area (Å²) in [5, 5.41) is 0. The van der Waals surface area contributed by atoms with Gasteiger partial charge in [0.05, 0.1) is 0 Å². The normalized spacial score (nSPS) is 20.8. The fourth-order valence-electron chi connectivity index (χ4n) is 3.85. The van der Waals surface area contributed by atoms with E-state index in [0.29, 0.717) is 12.0 Å². The van der Waals surface area contributed by atoms with E-state index in [0.717, 1.165) is 24.3 Å². The van der Waals surface area contributed by atoms with Crippen LogP contribution in [-0.2, 0) is 0 Å². The third-order valence-electron chi connectivity index (χ3n) is 5.32. The SMILES string of the molecule is CCCCCCCC1CCC(c2ccc(C=C(F)F)c(F)c2)CC1. The van der Waals surface area contributed by atoms with Crippen molar-refractivity contribution in [3.8, 4) is 0 Å². The second kappa shape index (κ2) is 9.90. The molecule has 0 N–H and O–H groups in total. The predicted molar refractivity (Wildman–Crippen MR) is 94.7 cm³/mol. The Balaban J connectivity index is 1.80. The molecule has 0 radical (unpaired) electrons. The van der Waals surface area contributed by atoms with Gasteiger partial charge in [0.2, 0.25) is 0 Å². The van der Waals surface area contributed by atoms with Crippen molar-refractivity contribution in [1.29, 1.82) is 0 Å². The standard InChI is InChI=1S/C21H29F3/c1-2-3-4-5-6-7-16-8-10-17(11-9-16)18-12-13-19(15-21(23)24)20(22)14-18/h12-17H,2-11H2,1H3. The predicted octanol–water partition coefficient (Wildman–Crippen LogP) is 7.70. The van der Waals surface area contributed by atoms with E-state index < -0.39 is 11.9 Å². The van der Waals surface area contributed by atoms with Crippen LogP contribution in [0.4, 0.5) is 13.2 Å². The van der Waals surface area contributed by atoms with E-state index in [9.17, 15) is 13.2 Å². The maximum Gasteiger partial charge on any atom is 0.271 e. The second-order valence-corrected chi connectivity index (χ2v) is 7.14. The van der Waals surface area contributed by atoms with Gasteiger partial charge in [-0.25, -0.2) is 4.39 Å². The average molecular weight is 338 g/mol. The molecule has 1 aromatic rings. The van der Waals surface area contributed by atoms with E-state index in [1.165, 1.54) is 63.5 Å². The number of rotatable bonds is 8. The first-order valence-electron chi connectivity index (χ1n) is 9.42. The Hall–Kier alpha value is -1.25. The van der Waals surface area contributed by atoms with Gasteiger partial charge in [0, 0.05) is 11.6 Å². The maximum absolute atomic E-state index is 13.9. The largest absolute Gasteiger partial charge is 0.271 e. The minimum atomic E-state index is -1.86. The lowest BCUT2D eigenvalue weighted by molar-refractivity contribution is 0.301. The van der Waals surface area contributed by atoms with Crippen molar-refractivity contribution in [3.05, 3.63) is 41.2 Å². The maximum atomic E-state index is 13.9. The van der Waals surface area contributed by atoms with Gasteiger partial charge in [0.1, 0.15) is 5.82 Å². The van der Waals surface area contributed by atoms with Crippen LogP contribution in [-0.4, -0.2) is 0 Å². The summed E-state index contributed by atoms with van der Waals surface area (Å²) in [5.41, 5.74) is 0.935. The van der Waals surface area contributed by atoms with Gasteiger partial charge in [-0.15, -0.1) is 0 Å². The number of unbranched alkanes of at least 4 members (excludes halogenated alkanes) is 4. The van der Waals surface area contributed by atoms with Gasteiger partial charge >= 0.3 is 0 Å². The molecular formula is C21H29F3. The molecule has 0 aliphatic heterocycles. The number of hydrogen-bond acceptors (Lipinski definition) is 0. The molecule has 1 saturated carbocycles. The zero-order valence-corrected chi connectivity index (χ0v) is 14.7. The molecule has 0 atom stereocenters. The number of hydrogen-bond donors (Lipinski definition) is 0. The molecule has 1 aliphatic rings. The van der Waals surface area contributed by atoms with E-state index in [1.807, 2.05) is 6.07 Å². The Morgan fingerprint density at radius 1 is 1.04 bits per heavy atom. The van der Waals surface area contributed by atoms with Crippen molar-refractivity contribution in [3.63, 3.8) is 0 Å². The van der Waals surface area contributed by atoms with E-state index in [-0.39, 0.29) is 5.56 Å².